The van der Waals surface area contributed by atoms with Gasteiger partial charge in [-0.1, -0.05) is 11.8 Å². The second-order valence-electron chi connectivity index (χ2n) is 3.14. The molecule has 0 aliphatic heterocycles. The lowest BCUT2D eigenvalue weighted by Crippen LogP contribution is -2.13. The molecule has 1 heterocycles. The molecule has 0 bridgehead atoms. The summed E-state index contributed by atoms with van der Waals surface area (Å²) in [5.41, 5.74) is 0.228. The van der Waals surface area contributed by atoms with E-state index in [9.17, 15) is 4.79 Å². The second-order valence-corrected chi connectivity index (χ2v) is 3.91. The number of hydrogen-bond donors (Lipinski definition) is 0. The van der Waals surface area contributed by atoms with Crippen LogP contribution in [-0.2, 0) is 9.47 Å². The molecule has 100 valence electrons. The van der Waals surface area contributed by atoms with Gasteiger partial charge < -0.3 is 14.2 Å². The van der Waals surface area contributed by atoms with E-state index in [1.807, 2.05) is 6.26 Å². The predicted molar refractivity (Wildman–Crippen MR) is 67.1 cm³/mol. The van der Waals surface area contributed by atoms with Gasteiger partial charge in [0.15, 0.2) is 5.16 Å². The number of ether oxygens (including phenoxy) is 3. The topological polar surface area (TPSA) is 70.5 Å². The maximum atomic E-state index is 11.7. The van der Waals surface area contributed by atoms with Crippen molar-refractivity contribution in [1.29, 1.82) is 0 Å². The van der Waals surface area contributed by atoms with E-state index in [0.29, 0.717) is 25.0 Å². The molecule has 0 saturated carbocycles. The van der Waals surface area contributed by atoms with Crippen molar-refractivity contribution in [2.45, 2.75) is 12.1 Å². The molecule has 0 aliphatic carbocycles. The highest BCUT2D eigenvalue weighted by atomic mass is 32.2. The molecule has 6 nitrogen and oxygen atoms in total. The number of carbonyl (C=O) groups excluding carboxylic acids is 1. The van der Waals surface area contributed by atoms with Crippen LogP contribution in [0.5, 0.6) is 5.88 Å². The van der Waals surface area contributed by atoms with Crippen LogP contribution >= 0.6 is 11.8 Å². The van der Waals surface area contributed by atoms with Crippen molar-refractivity contribution >= 4 is 17.7 Å². The lowest BCUT2D eigenvalue weighted by molar-refractivity contribution is 0.0517. The molecule has 0 aromatic carbocycles. The van der Waals surface area contributed by atoms with Gasteiger partial charge in [-0.2, -0.15) is 4.98 Å². The van der Waals surface area contributed by atoms with Crippen molar-refractivity contribution < 1.29 is 19.0 Å². The number of rotatable bonds is 7. The zero-order chi connectivity index (χ0) is 13.4. The molecule has 0 atom stereocenters. The van der Waals surface area contributed by atoms with E-state index in [1.165, 1.54) is 18.0 Å². The minimum Gasteiger partial charge on any atom is -0.474 e. The molecule has 0 spiro atoms. The lowest BCUT2D eigenvalue weighted by Gasteiger charge is -2.09. The number of carbonyl (C=O) groups is 1. The van der Waals surface area contributed by atoms with Gasteiger partial charge in [0.05, 0.1) is 13.2 Å². The molecular weight excluding hydrogens is 256 g/mol. The fourth-order valence-corrected chi connectivity index (χ4v) is 1.46. The van der Waals surface area contributed by atoms with Gasteiger partial charge in [0.2, 0.25) is 5.88 Å². The van der Waals surface area contributed by atoms with Crippen molar-refractivity contribution in [3.63, 3.8) is 0 Å². The Labute approximate surface area is 110 Å². The molecule has 0 unspecified atom stereocenters. The van der Waals surface area contributed by atoms with Crippen LogP contribution < -0.4 is 4.74 Å². The van der Waals surface area contributed by atoms with E-state index in [0.717, 1.165) is 0 Å². The Kier molecular flexibility index (Phi) is 6.45. The van der Waals surface area contributed by atoms with E-state index < -0.39 is 5.97 Å². The maximum absolute atomic E-state index is 11.7. The second kappa shape index (κ2) is 7.88. The van der Waals surface area contributed by atoms with E-state index in [1.54, 1.807) is 14.0 Å². The van der Waals surface area contributed by atoms with Gasteiger partial charge in [-0.15, -0.1) is 0 Å². The Morgan fingerprint density at radius 3 is 2.83 bits per heavy atom. The minimum atomic E-state index is -0.488. The average molecular weight is 272 g/mol. The van der Waals surface area contributed by atoms with Gasteiger partial charge in [-0.3, -0.25) is 0 Å². The van der Waals surface area contributed by atoms with Crippen LogP contribution in [0.25, 0.3) is 0 Å². The Balaban J connectivity index is 2.89. The van der Waals surface area contributed by atoms with E-state index >= 15 is 0 Å². The number of thioether (sulfide) groups is 1. The van der Waals surface area contributed by atoms with Crippen molar-refractivity contribution in [2.24, 2.45) is 0 Å². The monoisotopic (exact) mass is 272 g/mol. The molecule has 0 saturated heterocycles. The van der Waals surface area contributed by atoms with Gasteiger partial charge in [0.25, 0.3) is 0 Å². The lowest BCUT2D eigenvalue weighted by atomic mass is 10.3. The predicted octanol–water partition coefficient (Wildman–Crippen LogP) is 1.40. The Morgan fingerprint density at radius 1 is 1.44 bits per heavy atom. The molecule has 0 radical (unpaired) electrons. The highest BCUT2D eigenvalue weighted by Crippen LogP contribution is 2.19. The van der Waals surface area contributed by atoms with Crippen LogP contribution in [0.1, 0.15) is 17.3 Å². The highest BCUT2D eigenvalue weighted by molar-refractivity contribution is 7.98. The first-order chi connectivity index (χ1) is 8.72. The first-order valence-electron chi connectivity index (χ1n) is 5.42. The summed E-state index contributed by atoms with van der Waals surface area (Å²) < 4.78 is 15.2. The molecule has 18 heavy (non-hydrogen) atoms. The molecule has 7 heteroatoms. The van der Waals surface area contributed by atoms with Crippen molar-refractivity contribution in [1.82, 2.24) is 9.97 Å². The molecule has 1 aromatic rings. The fraction of sp³-hybridized carbons (Fsp3) is 0.545. The van der Waals surface area contributed by atoms with Gasteiger partial charge in [0, 0.05) is 13.3 Å². The maximum Gasteiger partial charge on any atom is 0.345 e. The largest absolute Gasteiger partial charge is 0.474 e. The van der Waals surface area contributed by atoms with Crippen molar-refractivity contribution in [3.05, 3.63) is 11.8 Å². The van der Waals surface area contributed by atoms with Crippen LogP contribution in [0, 0.1) is 0 Å². The van der Waals surface area contributed by atoms with E-state index in [4.69, 9.17) is 14.2 Å². The van der Waals surface area contributed by atoms with Crippen molar-refractivity contribution in [2.75, 3.05) is 33.2 Å². The first kappa shape index (κ1) is 14.7. The van der Waals surface area contributed by atoms with Crippen LogP contribution in [0.4, 0.5) is 0 Å². The molecule has 0 aliphatic rings. The first-order valence-corrected chi connectivity index (χ1v) is 6.65. The van der Waals surface area contributed by atoms with Crippen LogP contribution in [0.3, 0.4) is 0 Å². The molecule has 1 rings (SSSR count). The third-order valence-corrected chi connectivity index (χ3v) is 2.50. The van der Waals surface area contributed by atoms with E-state index in [2.05, 4.69) is 9.97 Å². The molecule has 1 aromatic heterocycles. The van der Waals surface area contributed by atoms with Gasteiger partial charge >= 0.3 is 5.97 Å². The molecule has 0 N–H and O–H groups in total. The molecule has 0 fully saturated rings. The summed E-state index contributed by atoms with van der Waals surface area (Å²) in [6.07, 6.45) is 3.26. The Morgan fingerprint density at radius 2 is 2.22 bits per heavy atom. The van der Waals surface area contributed by atoms with Crippen molar-refractivity contribution in [3.8, 4) is 5.88 Å². The summed E-state index contributed by atoms with van der Waals surface area (Å²) in [6.45, 7) is 2.76. The summed E-state index contributed by atoms with van der Waals surface area (Å²) in [7, 11) is 1.57. The SMILES string of the molecule is CCOC(=O)c1cnc(SC)nc1OCCOC. The summed E-state index contributed by atoms with van der Waals surface area (Å²) in [4.78, 5) is 19.8. The van der Waals surface area contributed by atoms with Crippen LogP contribution in [-0.4, -0.2) is 49.1 Å². The normalized spacial score (nSPS) is 10.2. The van der Waals surface area contributed by atoms with Gasteiger partial charge in [0.1, 0.15) is 12.2 Å². The summed E-state index contributed by atoms with van der Waals surface area (Å²) in [5, 5.41) is 0.537. The third-order valence-electron chi connectivity index (χ3n) is 1.94. The van der Waals surface area contributed by atoms with E-state index in [-0.39, 0.29) is 11.4 Å². The number of nitrogens with zero attached hydrogens (tertiary/aromatic N) is 2. The zero-order valence-electron chi connectivity index (χ0n) is 10.6. The molecular formula is C11H16N2O4S. The standard InChI is InChI=1S/C11H16N2O4S/c1-4-16-10(14)8-7-12-11(18-3)13-9(8)17-6-5-15-2/h7H,4-6H2,1-3H3. The van der Waals surface area contributed by atoms with Gasteiger partial charge in [-0.25, -0.2) is 9.78 Å². The number of methoxy groups -OCH3 is 1. The number of aromatic nitrogens is 2. The summed E-state index contributed by atoms with van der Waals surface area (Å²) in [5.74, 6) is -0.262. The fourth-order valence-electron chi connectivity index (χ4n) is 1.13. The van der Waals surface area contributed by atoms with Gasteiger partial charge in [-0.05, 0) is 13.2 Å². The minimum absolute atomic E-state index is 0.227. The average Bonchev–Trinajstić information content (AvgIpc) is 2.39. The number of hydrogen-bond acceptors (Lipinski definition) is 7. The van der Waals surface area contributed by atoms with Crippen LogP contribution in [0.2, 0.25) is 0 Å². The smallest absolute Gasteiger partial charge is 0.345 e. The third kappa shape index (κ3) is 4.15. The summed E-state index contributed by atoms with van der Waals surface area (Å²) >= 11 is 1.37. The Hall–Kier alpha value is -1.34. The molecule has 0 amide bonds. The highest BCUT2D eigenvalue weighted by Gasteiger charge is 2.17. The summed E-state index contributed by atoms with van der Waals surface area (Å²) in [6, 6.07) is 0. The Bertz CT molecular complexity index is 401. The quantitative estimate of drug-likeness (QED) is 0.321. The number of esters is 1. The zero-order valence-corrected chi connectivity index (χ0v) is 11.5. The van der Waals surface area contributed by atoms with Crippen LogP contribution in [0.15, 0.2) is 11.4 Å².